The lowest BCUT2D eigenvalue weighted by atomic mass is 9.88. The molecule has 1 aromatic carbocycles. The number of benzene rings is 1. The first-order valence-electron chi connectivity index (χ1n) is 8.01. The average molecular weight is 298 g/mol. The molecule has 0 saturated heterocycles. The van der Waals surface area contributed by atoms with Crippen LogP contribution in [-0.2, 0) is 11.2 Å². The minimum absolute atomic E-state index is 0.140. The fourth-order valence-corrected chi connectivity index (χ4v) is 3.08. The molecule has 0 radical (unpaired) electrons. The Morgan fingerprint density at radius 3 is 2.68 bits per heavy atom. The molecular formula is C18H22N2O2. The Labute approximate surface area is 131 Å². The molecule has 0 spiro atoms. The fraction of sp³-hybridized carbons (Fsp3) is 0.444. The van der Waals surface area contributed by atoms with Gasteiger partial charge in [-0.3, -0.25) is 9.69 Å². The fourth-order valence-electron chi connectivity index (χ4n) is 3.08. The van der Waals surface area contributed by atoms with E-state index < -0.39 is 0 Å². The Hall–Kier alpha value is -2.10. The molecule has 116 valence electrons. The van der Waals surface area contributed by atoms with Gasteiger partial charge in [-0.2, -0.15) is 0 Å². The van der Waals surface area contributed by atoms with Crippen molar-refractivity contribution in [1.82, 2.24) is 5.16 Å². The minimum Gasteiger partial charge on any atom is -0.338 e. The Kier molecular flexibility index (Phi) is 4.56. The van der Waals surface area contributed by atoms with Crippen molar-refractivity contribution in [1.29, 1.82) is 0 Å². The second-order valence-electron chi connectivity index (χ2n) is 6.05. The van der Waals surface area contributed by atoms with Crippen LogP contribution in [0.25, 0.3) is 0 Å². The molecule has 0 bridgehead atoms. The maximum atomic E-state index is 12.5. The number of anilines is 1. The molecule has 1 aliphatic carbocycles. The van der Waals surface area contributed by atoms with Gasteiger partial charge in [0.25, 0.3) is 0 Å². The number of rotatable bonds is 4. The number of hydrogen-bond acceptors (Lipinski definition) is 3. The highest BCUT2D eigenvalue weighted by atomic mass is 16.5. The third-order valence-corrected chi connectivity index (χ3v) is 4.39. The normalized spacial score (nSPS) is 15.7. The first-order chi connectivity index (χ1) is 10.7. The Bertz CT molecular complexity index is 615. The molecular weight excluding hydrogens is 276 g/mol. The van der Waals surface area contributed by atoms with Gasteiger partial charge in [0, 0.05) is 25.5 Å². The van der Waals surface area contributed by atoms with E-state index >= 15 is 0 Å². The zero-order valence-corrected chi connectivity index (χ0v) is 13.0. The third kappa shape index (κ3) is 3.38. The largest absolute Gasteiger partial charge is 0.338 e. The van der Waals surface area contributed by atoms with Crippen molar-refractivity contribution in [2.24, 2.45) is 5.92 Å². The van der Waals surface area contributed by atoms with E-state index in [9.17, 15) is 4.79 Å². The molecule has 0 atom stereocenters. The van der Waals surface area contributed by atoms with Crippen LogP contribution in [0.2, 0.25) is 0 Å². The predicted molar refractivity (Wildman–Crippen MR) is 85.7 cm³/mol. The van der Waals surface area contributed by atoms with Gasteiger partial charge in [-0.25, -0.2) is 0 Å². The number of hydrogen-bond donors (Lipinski definition) is 0. The SMILES string of the molecule is CN(C(=O)C1CCCCC1)c1cc(Cc2ccccc2)no1. The van der Waals surface area contributed by atoms with Gasteiger partial charge in [-0.15, -0.1) is 0 Å². The standard InChI is InChI=1S/C18H22N2O2/c1-20(18(21)15-10-6-3-7-11-15)17-13-16(19-22-17)12-14-8-4-2-5-9-14/h2,4-5,8-9,13,15H,3,6-7,10-12H2,1H3. The quantitative estimate of drug-likeness (QED) is 0.862. The summed E-state index contributed by atoms with van der Waals surface area (Å²) in [7, 11) is 1.78. The molecule has 1 fully saturated rings. The van der Waals surface area contributed by atoms with Crippen molar-refractivity contribution < 1.29 is 9.32 Å². The lowest BCUT2D eigenvalue weighted by molar-refractivity contribution is -0.123. The van der Waals surface area contributed by atoms with Gasteiger partial charge >= 0.3 is 0 Å². The van der Waals surface area contributed by atoms with E-state index in [0.29, 0.717) is 5.88 Å². The number of nitrogens with zero attached hydrogens (tertiary/aromatic N) is 2. The van der Waals surface area contributed by atoms with Crippen molar-refractivity contribution in [3.8, 4) is 0 Å². The van der Waals surface area contributed by atoms with Crippen LogP contribution >= 0.6 is 0 Å². The van der Waals surface area contributed by atoms with Gasteiger partial charge in [0.1, 0.15) is 0 Å². The van der Waals surface area contributed by atoms with Crippen LogP contribution in [0.15, 0.2) is 40.9 Å². The van der Waals surface area contributed by atoms with Gasteiger partial charge in [0.05, 0.1) is 5.69 Å². The molecule has 1 aliphatic rings. The summed E-state index contributed by atoms with van der Waals surface area (Å²) >= 11 is 0. The lowest BCUT2D eigenvalue weighted by Gasteiger charge is -2.24. The lowest BCUT2D eigenvalue weighted by Crippen LogP contribution is -2.33. The Morgan fingerprint density at radius 1 is 1.23 bits per heavy atom. The molecule has 1 saturated carbocycles. The van der Waals surface area contributed by atoms with Gasteiger partial charge in [-0.05, 0) is 18.4 Å². The monoisotopic (exact) mass is 298 g/mol. The molecule has 1 heterocycles. The van der Waals surface area contributed by atoms with Crippen molar-refractivity contribution >= 4 is 11.8 Å². The molecule has 0 unspecified atom stereocenters. The highest BCUT2D eigenvalue weighted by Gasteiger charge is 2.26. The van der Waals surface area contributed by atoms with Crippen LogP contribution < -0.4 is 4.90 Å². The van der Waals surface area contributed by atoms with Gasteiger partial charge in [0.15, 0.2) is 0 Å². The van der Waals surface area contributed by atoms with E-state index in [0.717, 1.165) is 37.8 Å². The van der Waals surface area contributed by atoms with Crippen LogP contribution in [0.3, 0.4) is 0 Å². The molecule has 2 aromatic rings. The first kappa shape index (κ1) is 14.8. The molecule has 4 heteroatoms. The maximum Gasteiger partial charge on any atom is 0.233 e. The van der Waals surface area contributed by atoms with E-state index in [1.165, 1.54) is 12.0 Å². The van der Waals surface area contributed by atoms with Crippen LogP contribution in [0.5, 0.6) is 0 Å². The number of carbonyl (C=O) groups is 1. The molecule has 3 rings (SSSR count). The number of amides is 1. The van der Waals surface area contributed by atoms with Crippen LogP contribution in [0.4, 0.5) is 5.88 Å². The molecule has 1 amide bonds. The van der Waals surface area contributed by atoms with Crippen LogP contribution in [0, 0.1) is 5.92 Å². The highest BCUT2D eigenvalue weighted by molar-refractivity contribution is 5.93. The topological polar surface area (TPSA) is 46.3 Å². The van der Waals surface area contributed by atoms with Crippen LogP contribution in [0.1, 0.15) is 43.4 Å². The van der Waals surface area contributed by atoms with Gasteiger partial charge in [-0.1, -0.05) is 54.8 Å². The molecule has 0 N–H and O–H groups in total. The Morgan fingerprint density at radius 2 is 1.95 bits per heavy atom. The van der Waals surface area contributed by atoms with Gasteiger partial charge in [0.2, 0.25) is 11.8 Å². The number of aromatic nitrogens is 1. The van der Waals surface area contributed by atoms with Crippen molar-refractivity contribution in [3.63, 3.8) is 0 Å². The predicted octanol–water partition coefficient (Wildman–Crippen LogP) is 3.81. The van der Waals surface area contributed by atoms with E-state index in [4.69, 9.17) is 4.52 Å². The summed E-state index contributed by atoms with van der Waals surface area (Å²) in [4.78, 5) is 14.1. The van der Waals surface area contributed by atoms with E-state index in [1.54, 1.807) is 11.9 Å². The molecule has 1 aromatic heterocycles. The third-order valence-electron chi connectivity index (χ3n) is 4.39. The Balaban J connectivity index is 1.66. The molecule has 22 heavy (non-hydrogen) atoms. The molecule has 0 aliphatic heterocycles. The van der Waals surface area contributed by atoms with Crippen LogP contribution in [-0.4, -0.2) is 18.1 Å². The van der Waals surface area contributed by atoms with E-state index in [2.05, 4.69) is 17.3 Å². The summed E-state index contributed by atoms with van der Waals surface area (Å²) in [5, 5.41) is 4.09. The highest BCUT2D eigenvalue weighted by Crippen LogP contribution is 2.27. The molecule has 4 nitrogen and oxygen atoms in total. The first-order valence-corrected chi connectivity index (χ1v) is 8.01. The summed E-state index contributed by atoms with van der Waals surface area (Å²) in [6, 6.07) is 12.0. The summed E-state index contributed by atoms with van der Waals surface area (Å²) in [6.45, 7) is 0. The summed E-state index contributed by atoms with van der Waals surface area (Å²) in [5.74, 6) is 0.838. The smallest absolute Gasteiger partial charge is 0.233 e. The summed E-state index contributed by atoms with van der Waals surface area (Å²) in [6.07, 6.45) is 6.26. The van der Waals surface area contributed by atoms with Crippen molar-refractivity contribution in [2.45, 2.75) is 38.5 Å². The van der Waals surface area contributed by atoms with Crippen molar-refractivity contribution in [3.05, 3.63) is 47.7 Å². The zero-order chi connectivity index (χ0) is 15.4. The summed E-state index contributed by atoms with van der Waals surface area (Å²) < 4.78 is 5.37. The van der Waals surface area contributed by atoms with Gasteiger partial charge < -0.3 is 4.52 Å². The second-order valence-corrected chi connectivity index (χ2v) is 6.05. The zero-order valence-electron chi connectivity index (χ0n) is 13.0. The minimum atomic E-state index is 0.140. The second kappa shape index (κ2) is 6.77. The average Bonchev–Trinajstić information content (AvgIpc) is 3.04. The van der Waals surface area contributed by atoms with E-state index in [1.807, 2.05) is 24.3 Å². The van der Waals surface area contributed by atoms with E-state index in [-0.39, 0.29) is 11.8 Å². The maximum absolute atomic E-state index is 12.5. The number of carbonyl (C=O) groups excluding carboxylic acids is 1. The summed E-state index contributed by atoms with van der Waals surface area (Å²) in [5.41, 5.74) is 2.04. The van der Waals surface area contributed by atoms with Crippen molar-refractivity contribution in [2.75, 3.05) is 11.9 Å².